The van der Waals surface area contributed by atoms with Crippen LogP contribution >= 0.6 is 0 Å². The van der Waals surface area contributed by atoms with Crippen LogP contribution in [0, 0.1) is 17.0 Å². The molecule has 30 heavy (non-hydrogen) atoms. The fourth-order valence-electron chi connectivity index (χ4n) is 5.37. The van der Waals surface area contributed by atoms with Crippen LogP contribution in [0.3, 0.4) is 0 Å². The minimum atomic E-state index is -0.656. The van der Waals surface area contributed by atoms with Gasteiger partial charge in [0.05, 0.1) is 23.6 Å². The van der Waals surface area contributed by atoms with Gasteiger partial charge < -0.3 is 4.74 Å². The molecule has 0 N–H and O–H groups in total. The molecule has 0 aliphatic heterocycles. The minimum absolute atomic E-state index is 0.154. The molecular weight excluding hydrogens is 386 g/mol. The zero-order valence-electron chi connectivity index (χ0n) is 17.8. The molecule has 4 rings (SSSR count). The van der Waals surface area contributed by atoms with Gasteiger partial charge in [-0.3, -0.25) is 0 Å². The average molecular weight is 412 g/mol. The third kappa shape index (κ3) is 2.80. The molecule has 0 radical (unpaired) electrons. The van der Waals surface area contributed by atoms with E-state index in [1.54, 1.807) is 13.0 Å². The van der Waals surface area contributed by atoms with E-state index in [9.17, 15) is 13.6 Å². The number of halogens is 2. The van der Waals surface area contributed by atoms with Gasteiger partial charge in [0.2, 0.25) is 0 Å². The van der Waals surface area contributed by atoms with Gasteiger partial charge in [-0.25, -0.2) is 13.6 Å². The lowest BCUT2D eigenvalue weighted by molar-refractivity contribution is -0.138. The normalized spacial score (nSPS) is 24.1. The van der Waals surface area contributed by atoms with Crippen LogP contribution in [0.1, 0.15) is 64.1 Å². The van der Waals surface area contributed by atoms with E-state index in [2.05, 4.69) is 24.0 Å². The van der Waals surface area contributed by atoms with Gasteiger partial charge in [-0.05, 0) is 61.3 Å². The van der Waals surface area contributed by atoms with Crippen LogP contribution in [0.5, 0.6) is 0 Å². The van der Waals surface area contributed by atoms with Crippen LogP contribution in [0.2, 0.25) is 0 Å². The zero-order valence-corrected chi connectivity index (χ0v) is 17.8. The second kappa shape index (κ2) is 7.25. The fourth-order valence-corrected chi connectivity index (χ4v) is 5.37. The minimum Gasteiger partial charge on any atom is -0.463 e. The standard InChI is InChI=1S/C24H26F2N2O2/c1-5-14(22(29)30-6-2)13-24-11-10-16(23(24,3)4)15-12-19(27-28-21(15)24)20-17(25)8-7-9-18(20)26/h7-9,12-13,16H,5-6,10-11H2,1-4H3/b14-13-/t16?,24-/m0/s1. The van der Waals surface area contributed by atoms with E-state index < -0.39 is 17.0 Å². The summed E-state index contributed by atoms with van der Waals surface area (Å²) in [5.41, 5.74) is 1.79. The summed E-state index contributed by atoms with van der Waals surface area (Å²) >= 11 is 0. The summed E-state index contributed by atoms with van der Waals surface area (Å²) in [5, 5.41) is 8.69. The van der Waals surface area contributed by atoms with Crippen molar-refractivity contribution in [3.05, 3.63) is 58.8 Å². The largest absolute Gasteiger partial charge is 0.463 e. The number of carbonyl (C=O) groups excluding carboxylic acids is 1. The van der Waals surface area contributed by atoms with Gasteiger partial charge in [0.25, 0.3) is 0 Å². The highest BCUT2D eigenvalue weighted by Gasteiger charge is 2.62. The number of nitrogens with zero attached hydrogens (tertiary/aromatic N) is 2. The summed E-state index contributed by atoms with van der Waals surface area (Å²) in [7, 11) is 0. The average Bonchev–Trinajstić information content (AvgIpc) is 3.06. The quantitative estimate of drug-likeness (QED) is 0.482. The van der Waals surface area contributed by atoms with Crippen molar-refractivity contribution in [3.8, 4) is 11.3 Å². The molecule has 2 bridgehead atoms. The van der Waals surface area contributed by atoms with E-state index in [0.717, 1.165) is 24.1 Å². The molecule has 1 heterocycles. The van der Waals surface area contributed by atoms with E-state index in [-0.39, 0.29) is 28.6 Å². The van der Waals surface area contributed by atoms with Crippen molar-refractivity contribution >= 4 is 5.97 Å². The lowest BCUT2D eigenvalue weighted by Gasteiger charge is -2.35. The molecule has 2 aliphatic carbocycles. The molecular formula is C24H26F2N2O2. The van der Waals surface area contributed by atoms with Gasteiger partial charge >= 0.3 is 5.97 Å². The van der Waals surface area contributed by atoms with E-state index >= 15 is 0 Å². The first-order valence-corrected chi connectivity index (χ1v) is 10.5. The first kappa shape index (κ1) is 20.6. The number of benzene rings is 1. The maximum absolute atomic E-state index is 14.3. The van der Waals surface area contributed by atoms with Gasteiger partial charge in [-0.1, -0.05) is 32.9 Å². The van der Waals surface area contributed by atoms with Crippen LogP contribution in [0.25, 0.3) is 11.3 Å². The molecule has 0 spiro atoms. The highest BCUT2D eigenvalue weighted by Crippen LogP contribution is 2.68. The number of aromatic nitrogens is 2. The van der Waals surface area contributed by atoms with Crippen LogP contribution in [-0.2, 0) is 14.9 Å². The van der Waals surface area contributed by atoms with E-state index in [4.69, 9.17) is 4.74 Å². The summed E-state index contributed by atoms with van der Waals surface area (Å²) in [6.07, 6.45) is 4.35. The van der Waals surface area contributed by atoms with Crippen molar-refractivity contribution in [2.24, 2.45) is 5.41 Å². The van der Waals surface area contributed by atoms with E-state index in [0.29, 0.717) is 18.6 Å². The molecule has 1 aromatic carbocycles. The first-order valence-electron chi connectivity index (χ1n) is 10.5. The van der Waals surface area contributed by atoms with E-state index in [1.807, 2.05) is 13.0 Å². The Kier molecular flexibility index (Phi) is 4.99. The summed E-state index contributed by atoms with van der Waals surface area (Å²) in [6, 6.07) is 5.56. The Hall–Kier alpha value is -2.63. The number of allylic oxidation sites excluding steroid dienone is 1. The lowest BCUT2D eigenvalue weighted by Crippen LogP contribution is -2.34. The van der Waals surface area contributed by atoms with Crippen molar-refractivity contribution in [1.29, 1.82) is 0 Å². The number of hydrogen-bond donors (Lipinski definition) is 0. The Morgan fingerprint density at radius 2 is 1.93 bits per heavy atom. The summed E-state index contributed by atoms with van der Waals surface area (Å²) in [5.74, 6) is -1.44. The number of rotatable bonds is 5. The molecule has 0 amide bonds. The van der Waals surface area contributed by atoms with Gasteiger partial charge in [0, 0.05) is 11.0 Å². The predicted molar refractivity (Wildman–Crippen MR) is 110 cm³/mol. The summed E-state index contributed by atoms with van der Waals surface area (Å²) in [4.78, 5) is 12.5. The molecule has 6 heteroatoms. The zero-order chi connectivity index (χ0) is 21.7. The van der Waals surface area contributed by atoms with E-state index in [1.165, 1.54) is 18.2 Å². The Morgan fingerprint density at radius 3 is 2.57 bits per heavy atom. The van der Waals surface area contributed by atoms with Crippen molar-refractivity contribution in [1.82, 2.24) is 10.2 Å². The van der Waals surface area contributed by atoms with Gasteiger partial charge in [0.1, 0.15) is 11.6 Å². The molecule has 1 unspecified atom stereocenters. The van der Waals surface area contributed by atoms with Crippen molar-refractivity contribution < 1.29 is 18.3 Å². The number of fused-ring (bicyclic) bond motifs is 5. The second-order valence-corrected chi connectivity index (χ2v) is 8.66. The van der Waals surface area contributed by atoms with Crippen LogP contribution in [0.15, 0.2) is 35.9 Å². The third-order valence-electron chi connectivity index (χ3n) is 7.03. The molecule has 2 aliphatic rings. The smallest absolute Gasteiger partial charge is 0.333 e. The summed E-state index contributed by atoms with van der Waals surface area (Å²) < 4.78 is 33.9. The van der Waals surface area contributed by atoms with Crippen LogP contribution in [0.4, 0.5) is 8.78 Å². The molecule has 2 atom stereocenters. The Balaban J connectivity index is 1.86. The monoisotopic (exact) mass is 412 g/mol. The van der Waals surface area contributed by atoms with Gasteiger partial charge in [-0.2, -0.15) is 5.10 Å². The second-order valence-electron chi connectivity index (χ2n) is 8.66. The van der Waals surface area contributed by atoms with Gasteiger partial charge in [-0.15, -0.1) is 5.10 Å². The number of esters is 1. The highest BCUT2D eigenvalue weighted by molar-refractivity contribution is 5.89. The summed E-state index contributed by atoms with van der Waals surface area (Å²) in [6.45, 7) is 8.39. The molecule has 4 nitrogen and oxygen atoms in total. The molecule has 1 fully saturated rings. The van der Waals surface area contributed by atoms with Crippen LogP contribution < -0.4 is 0 Å². The van der Waals surface area contributed by atoms with Crippen molar-refractivity contribution in [2.75, 3.05) is 6.61 Å². The SMILES string of the molecule is CCOC(=O)/C(=C\[C@@]12CCC(c3cc(-c4c(F)cccc4F)nnc31)C2(C)C)CC. The third-order valence-corrected chi connectivity index (χ3v) is 7.03. The number of ether oxygens (including phenoxy) is 1. The maximum Gasteiger partial charge on any atom is 0.333 e. The van der Waals surface area contributed by atoms with Gasteiger partial charge in [0.15, 0.2) is 0 Å². The van der Waals surface area contributed by atoms with Crippen molar-refractivity contribution in [3.63, 3.8) is 0 Å². The molecule has 1 saturated carbocycles. The van der Waals surface area contributed by atoms with Crippen LogP contribution in [-0.4, -0.2) is 22.8 Å². The molecule has 0 saturated heterocycles. The first-order chi connectivity index (χ1) is 14.3. The topological polar surface area (TPSA) is 52.1 Å². The number of hydrogen-bond acceptors (Lipinski definition) is 4. The molecule has 158 valence electrons. The highest BCUT2D eigenvalue weighted by atomic mass is 19.1. The molecule has 2 aromatic rings. The van der Waals surface area contributed by atoms with Crippen molar-refractivity contribution in [2.45, 2.75) is 58.3 Å². The number of carbonyl (C=O) groups is 1. The maximum atomic E-state index is 14.3. The fraction of sp³-hybridized carbons (Fsp3) is 0.458. The Labute approximate surface area is 175 Å². The predicted octanol–water partition coefficient (Wildman–Crippen LogP) is 5.48. The molecule has 1 aromatic heterocycles. The lowest BCUT2D eigenvalue weighted by atomic mass is 9.67. The Bertz CT molecular complexity index is 1030. The Morgan fingerprint density at radius 1 is 1.23 bits per heavy atom.